The molecular formula is C18H18F3NO3. The van der Waals surface area contributed by atoms with Crippen LogP contribution in [-0.2, 0) is 15.7 Å². The lowest BCUT2D eigenvalue weighted by molar-refractivity contribution is -0.142. The second kappa shape index (κ2) is 7.46. The highest BCUT2D eigenvalue weighted by Gasteiger charge is 2.31. The van der Waals surface area contributed by atoms with Gasteiger partial charge in [0.2, 0.25) is 0 Å². The third kappa shape index (κ3) is 4.65. The molecule has 25 heavy (non-hydrogen) atoms. The Morgan fingerprint density at radius 2 is 1.80 bits per heavy atom. The summed E-state index contributed by atoms with van der Waals surface area (Å²) in [7, 11) is 2.60. The Labute approximate surface area is 143 Å². The van der Waals surface area contributed by atoms with E-state index >= 15 is 0 Å². The molecule has 0 radical (unpaired) electrons. The molecule has 2 aromatic carbocycles. The van der Waals surface area contributed by atoms with Crippen LogP contribution in [0.25, 0.3) is 0 Å². The molecular weight excluding hydrogens is 335 g/mol. The summed E-state index contributed by atoms with van der Waals surface area (Å²) in [6.07, 6.45) is -4.48. The number of esters is 1. The molecule has 0 fully saturated rings. The van der Waals surface area contributed by atoms with Gasteiger partial charge in [0.15, 0.2) is 0 Å². The summed E-state index contributed by atoms with van der Waals surface area (Å²) in [5, 5.41) is 2.91. The van der Waals surface area contributed by atoms with Crippen molar-refractivity contribution in [3.8, 4) is 5.75 Å². The quantitative estimate of drug-likeness (QED) is 0.789. The highest BCUT2D eigenvalue weighted by molar-refractivity contribution is 5.78. The van der Waals surface area contributed by atoms with Crippen LogP contribution >= 0.6 is 0 Å². The Morgan fingerprint density at radius 1 is 1.08 bits per heavy atom. The number of hydrogen-bond acceptors (Lipinski definition) is 4. The molecule has 0 saturated carbocycles. The minimum atomic E-state index is -4.48. The van der Waals surface area contributed by atoms with Gasteiger partial charge < -0.3 is 14.8 Å². The molecule has 7 heteroatoms. The molecule has 1 unspecified atom stereocenters. The Morgan fingerprint density at radius 3 is 2.40 bits per heavy atom. The van der Waals surface area contributed by atoms with Crippen LogP contribution in [0.4, 0.5) is 24.5 Å². The number of halogens is 3. The number of benzene rings is 2. The van der Waals surface area contributed by atoms with Crippen molar-refractivity contribution in [2.45, 2.75) is 19.0 Å². The smallest absolute Gasteiger partial charge is 0.416 e. The highest BCUT2D eigenvalue weighted by Crippen LogP contribution is 2.35. The standard InChI is InChI=1S/C18H18F3NO3/c1-11(17(23)25-3)12-5-4-6-14(7-12)22-15-8-13(18(19,20)21)9-16(10-15)24-2/h4-11,22H,1-3H3. The number of hydrogen-bond donors (Lipinski definition) is 1. The lowest BCUT2D eigenvalue weighted by Gasteiger charge is -2.15. The van der Waals surface area contributed by atoms with E-state index in [-0.39, 0.29) is 11.4 Å². The first-order valence-electron chi connectivity index (χ1n) is 7.45. The van der Waals surface area contributed by atoms with Gasteiger partial charge in [-0.15, -0.1) is 0 Å². The van der Waals surface area contributed by atoms with Gasteiger partial charge in [-0.2, -0.15) is 13.2 Å². The first-order chi connectivity index (χ1) is 11.7. The molecule has 0 aliphatic carbocycles. The maximum atomic E-state index is 13.0. The fourth-order valence-corrected chi connectivity index (χ4v) is 2.32. The zero-order valence-electron chi connectivity index (χ0n) is 14.0. The maximum Gasteiger partial charge on any atom is 0.416 e. The molecule has 0 aliphatic heterocycles. The van der Waals surface area contributed by atoms with E-state index in [1.54, 1.807) is 31.2 Å². The normalized spacial score (nSPS) is 12.4. The second-order valence-electron chi connectivity index (χ2n) is 5.44. The molecule has 0 aromatic heterocycles. The van der Waals surface area contributed by atoms with Crippen LogP contribution < -0.4 is 10.1 Å². The lowest BCUT2D eigenvalue weighted by Crippen LogP contribution is -2.11. The van der Waals surface area contributed by atoms with E-state index in [1.807, 2.05) is 0 Å². The van der Waals surface area contributed by atoms with E-state index in [2.05, 4.69) is 5.32 Å². The minimum Gasteiger partial charge on any atom is -0.497 e. The Balaban J connectivity index is 2.32. The van der Waals surface area contributed by atoms with Gasteiger partial charge in [0.1, 0.15) is 5.75 Å². The molecule has 0 bridgehead atoms. The van der Waals surface area contributed by atoms with Crippen LogP contribution in [0, 0.1) is 0 Å². The number of carbonyl (C=O) groups is 1. The second-order valence-corrected chi connectivity index (χ2v) is 5.44. The predicted molar refractivity (Wildman–Crippen MR) is 88.2 cm³/mol. The molecule has 0 heterocycles. The van der Waals surface area contributed by atoms with E-state index in [1.165, 1.54) is 20.3 Å². The van der Waals surface area contributed by atoms with Crippen LogP contribution in [0.3, 0.4) is 0 Å². The van der Waals surface area contributed by atoms with Crippen molar-refractivity contribution in [1.29, 1.82) is 0 Å². The van der Waals surface area contributed by atoms with E-state index in [4.69, 9.17) is 9.47 Å². The highest BCUT2D eigenvalue weighted by atomic mass is 19.4. The number of nitrogens with one attached hydrogen (secondary N) is 1. The zero-order valence-corrected chi connectivity index (χ0v) is 14.0. The fourth-order valence-electron chi connectivity index (χ4n) is 2.32. The number of methoxy groups -OCH3 is 2. The molecule has 2 rings (SSSR count). The van der Waals surface area contributed by atoms with Crippen LogP contribution in [0.1, 0.15) is 24.0 Å². The average molecular weight is 353 g/mol. The van der Waals surface area contributed by atoms with Crippen molar-refractivity contribution in [3.63, 3.8) is 0 Å². The van der Waals surface area contributed by atoms with Crippen molar-refractivity contribution >= 4 is 17.3 Å². The number of carbonyl (C=O) groups excluding carboxylic acids is 1. The monoisotopic (exact) mass is 353 g/mol. The number of anilines is 2. The van der Waals surface area contributed by atoms with E-state index < -0.39 is 23.6 Å². The first kappa shape index (κ1) is 18.6. The molecule has 0 aliphatic rings. The van der Waals surface area contributed by atoms with Crippen molar-refractivity contribution < 1.29 is 27.4 Å². The average Bonchev–Trinajstić information content (AvgIpc) is 2.59. The Kier molecular flexibility index (Phi) is 5.56. The van der Waals surface area contributed by atoms with Gasteiger partial charge in [0, 0.05) is 17.4 Å². The molecule has 0 saturated heterocycles. The number of ether oxygens (including phenoxy) is 2. The van der Waals surface area contributed by atoms with E-state index in [0.29, 0.717) is 11.3 Å². The van der Waals surface area contributed by atoms with Gasteiger partial charge in [0.25, 0.3) is 0 Å². The van der Waals surface area contributed by atoms with Crippen LogP contribution in [0.2, 0.25) is 0 Å². The third-order valence-electron chi connectivity index (χ3n) is 3.70. The Hall–Kier alpha value is -2.70. The van der Waals surface area contributed by atoms with E-state index in [0.717, 1.165) is 12.1 Å². The van der Waals surface area contributed by atoms with Gasteiger partial charge in [-0.05, 0) is 36.8 Å². The van der Waals surface area contributed by atoms with Crippen LogP contribution in [-0.4, -0.2) is 20.2 Å². The topological polar surface area (TPSA) is 47.6 Å². The summed E-state index contributed by atoms with van der Waals surface area (Å²) in [5.74, 6) is -0.780. The maximum absolute atomic E-state index is 13.0. The molecule has 0 amide bonds. The molecule has 134 valence electrons. The summed E-state index contributed by atoms with van der Waals surface area (Å²) >= 11 is 0. The predicted octanol–water partition coefficient (Wildman–Crippen LogP) is 4.73. The number of alkyl halides is 3. The summed E-state index contributed by atoms with van der Waals surface area (Å²) in [6, 6.07) is 10.2. The molecule has 4 nitrogen and oxygen atoms in total. The first-order valence-corrected chi connectivity index (χ1v) is 7.45. The van der Waals surface area contributed by atoms with Crippen molar-refractivity contribution in [2.24, 2.45) is 0 Å². The summed E-state index contributed by atoms with van der Waals surface area (Å²) < 4.78 is 48.6. The zero-order chi connectivity index (χ0) is 18.6. The van der Waals surface area contributed by atoms with Gasteiger partial charge >= 0.3 is 12.1 Å². The van der Waals surface area contributed by atoms with Crippen LogP contribution in [0.15, 0.2) is 42.5 Å². The Bertz CT molecular complexity index is 759. The van der Waals surface area contributed by atoms with Gasteiger partial charge in [0.05, 0.1) is 25.7 Å². The summed E-state index contributed by atoms with van der Waals surface area (Å²) in [5.41, 5.74) is 0.661. The lowest BCUT2D eigenvalue weighted by atomic mass is 10.0. The summed E-state index contributed by atoms with van der Waals surface area (Å²) in [6.45, 7) is 1.69. The molecule has 1 atom stereocenters. The molecule has 0 spiro atoms. The number of rotatable bonds is 5. The van der Waals surface area contributed by atoms with Crippen molar-refractivity contribution in [2.75, 3.05) is 19.5 Å². The fraction of sp³-hybridized carbons (Fsp3) is 0.278. The van der Waals surface area contributed by atoms with Crippen LogP contribution in [0.5, 0.6) is 5.75 Å². The van der Waals surface area contributed by atoms with Crippen molar-refractivity contribution in [3.05, 3.63) is 53.6 Å². The molecule has 1 N–H and O–H groups in total. The summed E-state index contributed by atoms with van der Waals surface area (Å²) in [4.78, 5) is 11.6. The molecule has 2 aromatic rings. The van der Waals surface area contributed by atoms with Gasteiger partial charge in [-0.25, -0.2) is 0 Å². The van der Waals surface area contributed by atoms with Gasteiger partial charge in [-0.3, -0.25) is 4.79 Å². The van der Waals surface area contributed by atoms with Gasteiger partial charge in [-0.1, -0.05) is 12.1 Å². The van der Waals surface area contributed by atoms with E-state index in [9.17, 15) is 18.0 Å². The largest absolute Gasteiger partial charge is 0.497 e. The van der Waals surface area contributed by atoms with Crippen molar-refractivity contribution in [1.82, 2.24) is 0 Å². The minimum absolute atomic E-state index is 0.0939. The third-order valence-corrected chi connectivity index (χ3v) is 3.70. The SMILES string of the molecule is COC(=O)C(C)c1cccc(Nc2cc(OC)cc(C(F)(F)F)c2)c1.